The third kappa shape index (κ3) is 5.20. The highest BCUT2D eigenvalue weighted by Gasteiger charge is 2.18. The Morgan fingerprint density at radius 1 is 1.38 bits per heavy atom. The summed E-state index contributed by atoms with van der Waals surface area (Å²) in [5, 5.41) is 20.2. The largest absolute Gasteiger partial charge is 0.484 e. The molecule has 0 heterocycles. The first kappa shape index (κ1) is 17.2. The van der Waals surface area contributed by atoms with Crippen LogP contribution in [0.1, 0.15) is 13.8 Å². The SMILES string of the molecule is COCCN(CCO)c1ccc([N+](=O)[O-])c(OC(C)C)c1. The zero-order valence-electron chi connectivity index (χ0n) is 12.6. The van der Waals surface area contributed by atoms with Gasteiger partial charge in [0.05, 0.1) is 24.2 Å². The Morgan fingerprint density at radius 3 is 2.62 bits per heavy atom. The van der Waals surface area contributed by atoms with E-state index < -0.39 is 4.92 Å². The number of hydrogen-bond donors (Lipinski definition) is 1. The highest BCUT2D eigenvalue weighted by molar-refractivity contribution is 5.59. The second kappa shape index (κ2) is 8.43. The second-order valence-corrected chi connectivity index (χ2v) is 4.78. The first-order chi connectivity index (χ1) is 9.99. The molecule has 0 amide bonds. The number of benzene rings is 1. The van der Waals surface area contributed by atoms with Crippen molar-refractivity contribution in [2.75, 3.05) is 38.3 Å². The van der Waals surface area contributed by atoms with Crippen LogP contribution in [0.25, 0.3) is 0 Å². The van der Waals surface area contributed by atoms with Crippen LogP contribution in [0.15, 0.2) is 18.2 Å². The van der Waals surface area contributed by atoms with Gasteiger partial charge in [0.1, 0.15) is 0 Å². The van der Waals surface area contributed by atoms with E-state index in [4.69, 9.17) is 14.6 Å². The summed E-state index contributed by atoms with van der Waals surface area (Å²) in [5.41, 5.74) is 0.686. The monoisotopic (exact) mass is 298 g/mol. The topological polar surface area (TPSA) is 85.1 Å². The van der Waals surface area contributed by atoms with Gasteiger partial charge in [-0.05, 0) is 19.9 Å². The van der Waals surface area contributed by atoms with Gasteiger partial charge in [0, 0.05) is 38.0 Å². The smallest absolute Gasteiger partial charge is 0.311 e. The van der Waals surface area contributed by atoms with E-state index in [9.17, 15) is 10.1 Å². The van der Waals surface area contributed by atoms with Crippen LogP contribution < -0.4 is 9.64 Å². The van der Waals surface area contributed by atoms with Crippen molar-refractivity contribution >= 4 is 11.4 Å². The number of ether oxygens (including phenoxy) is 2. The summed E-state index contributed by atoms with van der Waals surface area (Å²) in [4.78, 5) is 12.5. The van der Waals surface area contributed by atoms with Gasteiger partial charge in [-0.2, -0.15) is 0 Å². The summed E-state index contributed by atoms with van der Waals surface area (Å²) in [6.45, 7) is 5.11. The number of aliphatic hydroxyl groups excluding tert-OH is 1. The molecule has 0 saturated carbocycles. The quantitative estimate of drug-likeness (QED) is 0.553. The van der Waals surface area contributed by atoms with E-state index >= 15 is 0 Å². The minimum atomic E-state index is -0.465. The van der Waals surface area contributed by atoms with Gasteiger partial charge in [0.15, 0.2) is 5.75 Å². The summed E-state index contributed by atoms with van der Waals surface area (Å²) in [6, 6.07) is 4.70. The normalized spacial score (nSPS) is 10.7. The number of methoxy groups -OCH3 is 1. The lowest BCUT2D eigenvalue weighted by Crippen LogP contribution is -2.30. The molecule has 118 valence electrons. The van der Waals surface area contributed by atoms with Crippen molar-refractivity contribution in [2.24, 2.45) is 0 Å². The molecule has 1 rings (SSSR count). The third-order valence-electron chi connectivity index (χ3n) is 2.80. The van der Waals surface area contributed by atoms with E-state index in [-0.39, 0.29) is 24.1 Å². The highest BCUT2D eigenvalue weighted by Crippen LogP contribution is 2.32. The van der Waals surface area contributed by atoms with Crippen LogP contribution in [-0.4, -0.2) is 49.5 Å². The molecule has 1 N–H and O–H groups in total. The number of aliphatic hydroxyl groups is 1. The Labute approximate surface area is 124 Å². The molecule has 1 aromatic carbocycles. The molecule has 0 aromatic heterocycles. The standard InChI is InChI=1S/C14H22N2O5/c1-11(2)21-14-10-12(4-5-13(14)16(18)19)15(6-8-17)7-9-20-3/h4-5,10-11,17H,6-9H2,1-3H3. The first-order valence-electron chi connectivity index (χ1n) is 6.79. The van der Waals surface area contributed by atoms with Crippen molar-refractivity contribution in [1.29, 1.82) is 0 Å². The molecule has 7 nitrogen and oxygen atoms in total. The van der Waals surface area contributed by atoms with Crippen molar-refractivity contribution in [3.05, 3.63) is 28.3 Å². The third-order valence-corrected chi connectivity index (χ3v) is 2.80. The molecule has 0 atom stereocenters. The van der Waals surface area contributed by atoms with Crippen molar-refractivity contribution in [2.45, 2.75) is 20.0 Å². The number of nitrogens with zero attached hydrogens (tertiary/aromatic N) is 2. The van der Waals surface area contributed by atoms with E-state index in [1.165, 1.54) is 6.07 Å². The maximum atomic E-state index is 11.0. The molecule has 0 spiro atoms. The van der Waals surface area contributed by atoms with Crippen LogP contribution in [0.3, 0.4) is 0 Å². The molecule has 1 aromatic rings. The van der Waals surface area contributed by atoms with Gasteiger partial charge >= 0.3 is 5.69 Å². The van der Waals surface area contributed by atoms with Gasteiger partial charge in [-0.25, -0.2) is 0 Å². The summed E-state index contributed by atoms with van der Waals surface area (Å²) in [5.74, 6) is 0.229. The van der Waals surface area contributed by atoms with Crippen molar-refractivity contribution < 1.29 is 19.5 Å². The number of nitro groups is 1. The minimum Gasteiger partial charge on any atom is -0.484 e. The average Bonchev–Trinajstić information content (AvgIpc) is 2.42. The Morgan fingerprint density at radius 2 is 2.10 bits per heavy atom. The average molecular weight is 298 g/mol. The maximum Gasteiger partial charge on any atom is 0.311 e. The second-order valence-electron chi connectivity index (χ2n) is 4.78. The van der Waals surface area contributed by atoms with Gasteiger partial charge < -0.3 is 19.5 Å². The zero-order valence-corrected chi connectivity index (χ0v) is 12.6. The lowest BCUT2D eigenvalue weighted by atomic mass is 10.2. The fourth-order valence-electron chi connectivity index (χ4n) is 1.89. The molecule has 0 unspecified atom stereocenters. The summed E-state index contributed by atoms with van der Waals surface area (Å²) >= 11 is 0. The fourth-order valence-corrected chi connectivity index (χ4v) is 1.89. The molecular weight excluding hydrogens is 276 g/mol. The predicted molar refractivity (Wildman–Crippen MR) is 80.0 cm³/mol. The van der Waals surface area contributed by atoms with E-state index in [1.807, 2.05) is 18.7 Å². The van der Waals surface area contributed by atoms with Gasteiger partial charge in [-0.3, -0.25) is 10.1 Å². The molecule has 0 fully saturated rings. The molecule has 0 aliphatic rings. The summed E-state index contributed by atoms with van der Waals surface area (Å²) in [7, 11) is 1.60. The molecular formula is C14H22N2O5. The molecule has 0 radical (unpaired) electrons. The lowest BCUT2D eigenvalue weighted by molar-refractivity contribution is -0.386. The predicted octanol–water partition coefficient (Wildman–Crippen LogP) is 1.83. The Hall–Kier alpha value is -1.86. The minimum absolute atomic E-state index is 0.0128. The van der Waals surface area contributed by atoms with Crippen LogP contribution in [0.4, 0.5) is 11.4 Å². The van der Waals surface area contributed by atoms with Crippen LogP contribution in [0.2, 0.25) is 0 Å². The highest BCUT2D eigenvalue weighted by atomic mass is 16.6. The van der Waals surface area contributed by atoms with Gasteiger partial charge in [-0.1, -0.05) is 0 Å². The number of hydrogen-bond acceptors (Lipinski definition) is 6. The first-order valence-corrected chi connectivity index (χ1v) is 6.79. The van der Waals surface area contributed by atoms with Gasteiger partial charge in [-0.15, -0.1) is 0 Å². The Kier molecular flexibility index (Phi) is 6.90. The number of anilines is 1. The van der Waals surface area contributed by atoms with E-state index in [1.54, 1.807) is 19.2 Å². The maximum absolute atomic E-state index is 11.0. The lowest BCUT2D eigenvalue weighted by Gasteiger charge is -2.24. The molecule has 7 heteroatoms. The zero-order chi connectivity index (χ0) is 15.8. The van der Waals surface area contributed by atoms with E-state index in [2.05, 4.69) is 0 Å². The van der Waals surface area contributed by atoms with Crippen LogP contribution in [-0.2, 0) is 4.74 Å². The van der Waals surface area contributed by atoms with E-state index in [0.29, 0.717) is 19.7 Å². The molecule has 0 aliphatic carbocycles. The Balaban J connectivity index is 3.08. The number of nitro benzene ring substituents is 1. The van der Waals surface area contributed by atoms with Crippen LogP contribution in [0, 0.1) is 10.1 Å². The summed E-state index contributed by atoms with van der Waals surface area (Å²) < 4.78 is 10.6. The molecule has 0 saturated heterocycles. The summed E-state index contributed by atoms with van der Waals surface area (Å²) in [6.07, 6.45) is -0.163. The molecule has 0 bridgehead atoms. The van der Waals surface area contributed by atoms with Crippen LogP contribution in [0.5, 0.6) is 5.75 Å². The van der Waals surface area contributed by atoms with Crippen LogP contribution >= 0.6 is 0 Å². The van der Waals surface area contributed by atoms with Gasteiger partial charge in [0.2, 0.25) is 0 Å². The van der Waals surface area contributed by atoms with Gasteiger partial charge in [0.25, 0.3) is 0 Å². The molecule has 0 aliphatic heterocycles. The van der Waals surface area contributed by atoms with E-state index in [0.717, 1.165) is 5.69 Å². The van der Waals surface area contributed by atoms with Crippen molar-refractivity contribution in [1.82, 2.24) is 0 Å². The van der Waals surface area contributed by atoms with Crippen molar-refractivity contribution in [3.63, 3.8) is 0 Å². The fraction of sp³-hybridized carbons (Fsp3) is 0.571. The Bertz CT molecular complexity index is 465. The number of rotatable bonds is 9. The molecule has 21 heavy (non-hydrogen) atoms. The van der Waals surface area contributed by atoms with Crippen molar-refractivity contribution in [3.8, 4) is 5.75 Å².